The lowest BCUT2D eigenvalue weighted by atomic mass is 11.8. The first kappa shape index (κ1) is 8.54. The summed E-state index contributed by atoms with van der Waals surface area (Å²) in [4.78, 5) is 0. The highest BCUT2D eigenvalue weighted by atomic mass is 31.2. The molecule has 0 aromatic rings. The van der Waals surface area contributed by atoms with Crippen LogP contribution in [-0.2, 0) is 17.9 Å². The first-order chi connectivity index (χ1) is 3.68. The standard InChI is InChI=1S/C2H8O4P2/c1-4-8(3,5-2)6-7/h7H2,1-2H3. The third-order valence-electron chi connectivity index (χ3n) is 0.576. The predicted octanol–water partition coefficient (Wildman–Crippen LogP) is 1.19. The van der Waals surface area contributed by atoms with Crippen LogP contribution in [0, 0.1) is 0 Å². The molecule has 8 heavy (non-hydrogen) atoms. The predicted molar refractivity (Wildman–Crippen MR) is 32.4 cm³/mol. The van der Waals surface area contributed by atoms with E-state index in [4.69, 9.17) is 0 Å². The van der Waals surface area contributed by atoms with Gasteiger partial charge in [-0.1, -0.05) is 0 Å². The monoisotopic (exact) mass is 158 g/mol. The van der Waals surface area contributed by atoms with Gasteiger partial charge < -0.3 is 0 Å². The van der Waals surface area contributed by atoms with Crippen molar-refractivity contribution in [1.82, 2.24) is 0 Å². The van der Waals surface area contributed by atoms with Gasteiger partial charge >= 0.3 is 7.82 Å². The molecule has 0 aliphatic rings. The Balaban J connectivity index is 3.79. The van der Waals surface area contributed by atoms with Gasteiger partial charge in [0.15, 0.2) is 0 Å². The molecule has 0 heterocycles. The minimum atomic E-state index is -3.20. The molecule has 0 rings (SSSR count). The molecule has 0 amide bonds. The summed E-state index contributed by atoms with van der Waals surface area (Å²) in [6.07, 6.45) is 0. The van der Waals surface area contributed by atoms with E-state index < -0.39 is 7.82 Å². The lowest BCUT2D eigenvalue weighted by Crippen LogP contribution is -1.85. The van der Waals surface area contributed by atoms with Crippen molar-refractivity contribution in [3.05, 3.63) is 0 Å². The van der Waals surface area contributed by atoms with Gasteiger partial charge in [-0.15, -0.1) is 0 Å². The summed E-state index contributed by atoms with van der Waals surface area (Å²) in [7, 11) is 1.09. The normalized spacial score (nSPS) is 11.9. The van der Waals surface area contributed by atoms with Crippen molar-refractivity contribution in [3.8, 4) is 0 Å². The molecule has 6 heteroatoms. The largest absolute Gasteiger partial charge is 0.476 e. The molecular formula is C2H8O4P2. The molecule has 0 saturated heterocycles. The maximum atomic E-state index is 10.6. The first-order valence-electron chi connectivity index (χ1n) is 1.78. The average Bonchev–Trinajstić information content (AvgIpc) is 1.87. The second-order valence-corrected chi connectivity index (χ2v) is 3.39. The Morgan fingerprint density at radius 2 is 1.75 bits per heavy atom. The van der Waals surface area contributed by atoms with Crippen LogP contribution in [0.15, 0.2) is 0 Å². The second kappa shape index (κ2) is 3.54. The van der Waals surface area contributed by atoms with Crippen LogP contribution in [0.4, 0.5) is 0 Å². The fraction of sp³-hybridized carbons (Fsp3) is 1.00. The van der Waals surface area contributed by atoms with E-state index in [9.17, 15) is 4.57 Å². The molecular weight excluding hydrogens is 150 g/mol. The minimum absolute atomic E-state index is 1.24. The van der Waals surface area contributed by atoms with Crippen LogP contribution >= 0.6 is 17.3 Å². The van der Waals surface area contributed by atoms with Crippen LogP contribution in [0.5, 0.6) is 0 Å². The van der Waals surface area contributed by atoms with Crippen LogP contribution < -0.4 is 0 Å². The summed E-state index contributed by atoms with van der Waals surface area (Å²) in [5, 5.41) is 0. The van der Waals surface area contributed by atoms with E-state index >= 15 is 0 Å². The highest BCUT2D eigenvalue weighted by Crippen LogP contribution is 2.49. The van der Waals surface area contributed by atoms with Crippen molar-refractivity contribution in [1.29, 1.82) is 0 Å². The molecule has 0 aromatic carbocycles. The number of phosphoric acid groups is 1. The quantitative estimate of drug-likeness (QED) is 0.578. The van der Waals surface area contributed by atoms with Gasteiger partial charge in [-0.3, -0.25) is 13.4 Å². The van der Waals surface area contributed by atoms with Gasteiger partial charge in [0, 0.05) is 23.7 Å². The fourth-order valence-corrected chi connectivity index (χ4v) is 0.998. The summed E-state index contributed by atoms with van der Waals surface area (Å²) in [5.74, 6) is 0. The van der Waals surface area contributed by atoms with Crippen molar-refractivity contribution in [2.75, 3.05) is 14.2 Å². The summed E-state index contributed by atoms with van der Waals surface area (Å²) >= 11 is 0. The maximum absolute atomic E-state index is 10.6. The van der Waals surface area contributed by atoms with Gasteiger partial charge in [0.2, 0.25) is 0 Å². The Labute approximate surface area is 50.4 Å². The van der Waals surface area contributed by atoms with Gasteiger partial charge in [-0.05, 0) is 0 Å². The fourth-order valence-electron chi connectivity index (χ4n) is 0.161. The van der Waals surface area contributed by atoms with Crippen LogP contribution in [-0.4, -0.2) is 14.2 Å². The van der Waals surface area contributed by atoms with Crippen LogP contribution in [0.2, 0.25) is 0 Å². The smallest absolute Gasteiger partial charge is 0.290 e. The highest BCUT2D eigenvalue weighted by Gasteiger charge is 2.19. The zero-order valence-electron chi connectivity index (χ0n) is 4.66. The van der Waals surface area contributed by atoms with Crippen molar-refractivity contribution in [2.45, 2.75) is 0 Å². The molecule has 1 atom stereocenters. The van der Waals surface area contributed by atoms with E-state index in [-0.39, 0.29) is 0 Å². The number of hydrogen-bond donors (Lipinski definition) is 0. The minimum Gasteiger partial charge on any atom is -0.290 e. The van der Waals surface area contributed by atoms with E-state index in [1.54, 1.807) is 9.47 Å². The number of hydrogen-bond acceptors (Lipinski definition) is 4. The Kier molecular flexibility index (Phi) is 3.78. The lowest BCUT2D eigenvalue weighted by molar-refractivity contribution is 0.220. The Bertz CT molecular complexity index is 83.2. The molecule has 0 aromatic heterocycles. The van der Waals surface area contributed by atoms with E-state index in [2.05, 4.69) is 13.4 Å². The van der Waals surface area contributed by atoms with Gasteiger partial charge in [-0.25, -0.2) is 4.57 Å². The van der Waals surface area contributed by atoms with Gasteiger partial charge in [-0.2, -0.15) is 0 Å². The third-order valence-corrected chi connectivity index (χ3v) is 2.50. The van der Waals surface area contributed by atoms with Gasteiger partial charge in [0.1, 0.15) is 0 Å². The van der Waals surface area contributed by atoms with Crippen LogP contribution in [0.1, 0.15) is 0 Å². The second-order valence-electron chi connectivity index (χ2n) is 0.918. The molecule has 0 fully saturated rings. The molecule has 0 N–H and O–H groups in total. The SMILES string of the molecule is COP(=O)(OC)OP. The van der Waals surface area contributed by atoms with Crippen molar-refractivity contribution in [3.63, 3.8) is 0 Å². The van der Waals surface area contributed by atoms with Crippen molar-refractivity contribution in [2.24, 2.45) is 0 Å². The summed E-state index contributed by atoms with van der Waals surface area (Å²) in [6.45, 7) is 0. The Hall–Kier alpha value is 0.540. The highest BCUT2D eigenvalue weighted by molar-refractivity contribution is 7.52. The van der Waals surface area contributed by atoms with E-state index in [0.29, 0.717) is 0 Å². The van der Waals surface area contributed by atoms with Crippen molar-refractivity contribution < 1.29 is 17.9 Å². The van der Waals surface area contributed by atoms with E-state index in [1.165, 1.54) is 14.2 Å². The molecule has 50 valence electrons. The van der Waals surface area contributed by atoms with Crippen molar-refractivity contribution >= 4 is 17.3 Å². The molecule has 0 saturated carbocycles. The molecule has 0 bridgehead atoms. The van der Waals surface area contributed by atoms with Gasteiger partial charge in [0.25, 0.3) is 0 Å². The number of rotatable bonds is 3. The molecule has 0 spiro atoms. The molecule has 0 radical (unpaired) electrons. The first-order valence-corrected chi connectivity index (χ1v) is 3.71. The number of phosphoric ester groups is 1. The average molecular weight is 158 g/mol. The molecule has 1 unspecified atom stereocenters. The Morgan fingerprint density at radius 1 is 1.38 bits per heavy atom. The maximum Gasteiger partial charge on any atom is 0.476 e. The topological polar surface area (TPSA) is 44.8 Å². The summed E-state index contributed by atoms with van der Waals surface area (Å²) in [6, 6.07) is 0. The zero-order valence-corrected chi connectivity index (χ0v) is 6.71. The Morgan fingerprint density at radius 3 is 1.75 bits per heavy atom. The summed E-state index contributed by atoms with van der Waals surface area (Å²) in [5.41, 5.74) is 0. The van der Waals surface area contributed by atoms with E-state index in [1.807, 2.05) is 0 Å². The molecule has 0 aliphatic heterocycles. The molecule has 0 aliphatic carbocycles. The third kappa shape index (κ3) is 2.21. The summed E-state index contributed by atoms with van der Waals surface area (Å²) < 4.78 is 23.5. The van der Waals surface area contributed by atoms with Gasteiger partial charge in [0.05, 0.1) is 0 Å². The molecule has 4 nitrogen and oxygen atoms in total. The van der Waals surface area contributed by atoms with Crippen LogP contribution in [0.25, 0.3) is 0 Å². The van der Waals surface area contributed by atoms with E-state index in [0.717, 1.165) is 0 Å². The van der Waals surface area contributed by atoms with Crippen LogP contribution in [0.3, 0.4) is 0 Å². The lowest BCUT2D eigenvalue weighted by Gasteiger charge is -2.07. The zero-order chi connectivity index (χ0) is 6.62.